The molecule has 0 saturated carbocycles. The summed E-state index contributed by atoms with van der Waals surface area (Å²) in [6.07, 6.45) is 3.79. The van der Waals surface area contributed by atoms with Crippen molar-refractivity contribution in [3.05, 3.63) is 18.2 Å². The van der Waals surface area contributed by atoms with E-state index in [1.165, 1.54) is 25.9 Å². The molecule has 0 amide bonds. The SMILES string of the molecule is CN=C(NCCCN1CCC(C)CC1)NCCOc1ccc2c(c1)OCO2. The van der Waals surface area contributed by atoms with E-state index in [0.717, 1.165) is 48.6 Å². The van der Waals surface area contributed by atoms with Crippen LogP contribution in [0.3, 0.4) is 0 Å². The highest BCUT2D eigenvalue weighted by molar-refractivity contribution is 5.79. The topological polar surface area (TPSA) is 67.4 Å². The van der Waals surface area contributed by atoms with Gasteiger partial charge in [-0.05, 0) is 56.9 Å². The van der Waals surface area contributed by atoms with E-state index in [4.69, 9.17) is 14.2 Å². The van der Waals surface area contributed by atoms with Gasteiger partial charge < -0.3 is 29.7 Å². The molecule has 1 fully saturated rings. The van der Waals surface area contributed by atoms with Crippen molar-refractivity contribution in [2.75, 3.05) is 53.2 Å². The summed E-state index contributed by atoms with van der Waals surface area (Å²) in [5.74, 6) is 3.99. The molecule has 0 aromatic heterocycles. The quantitative estimate of drug-likeness (QED) is 0.411. The molecule has 7 nitrogen and oxygen atoms in total. The second-order valence-electron chi connectivity index (χ2n) is 7.17. The average Bonchev–Trinajstić information content (AvgIpc) is 3.16. The largest absolute Gasteiger partial charge is 0.492 e. The van der Waals surface area contributed by atoms with Crippen molar-refractivity contribution in [2.45, 2.75) is 26.2 Å². The van der Waals surface area contributed by atoms with Gasteiger partial charge in [-0.15, -0.1) is 0 Å². The molecule has 1 aromatic carbocycles. The number of likely N-dealkylation sites (tertiary alicyclic amines) is 1. The number of ether oxygens (including phenoxy) is 3. The van der Waals surface area contributed by atoms with Gasteiger partial charge in [0.25, 0.3) is 0 Å². The van der Waals surface area contributed by atoms with Gasteiger partial charge in [-0.2, -0.15) is 0 Å². The number of hydrogen-bond acceptors (Lipinski definition) is 5. The fraction of sp³-hybridized carbons (Fsp3) is 0.650. The lowest BCUT2D eigenvalue weighted by molar-refractivity contribution is 0.173. The van der Waals surface area contributed by atoms with Crippen LogP contribution in [0.25, 0.3) is 0 Å². The molecule has 1 aromatic rings. The van der Waals surface area contributed by atoms with Crippen molar-refractivity contribution in [2.24, 2.45) is 10.9 Å². The highest BCUT2D eigenvalue weighted by atomic mass is 16.7. The number of piperidine rings is 1. The predicted octanol–water partition coefficient (Wildman–Crippen LogP) is 2.08. The van der Waals surface area contributed by atoms with Gasteiger partial charge in [0.05, 0.1) is 6.54 Å². The monoisotopic (exact) mass is 376 g/mol. The number of nitrogens with one attached hydrogen (secondary N) is 2. The van der Waals surface area contributed by atoms with E-state index in [0.29, 0.717) is 13.2 Å². The molecule has 7 heteroatoms. The van der Waals surface area contributed by atoms with E-state index >= 15 is 0 Å². The summed E-state index contributed by atoms with van der Waals surface area (Å²) in [5.41, 5.74) is 0. The molecule has 0 aliphatic carbocycles. The summed E-state index contributed by atoms with van der Waals surface area (Å²) in [6, 6.07) is 5.62. The third-order valence-corrected chi connectivity index (χ3v) is 5.05. The number of aliphatic imine (C=N–C) groups is 1. The molecule has 0 bridgehead atoms. The molecule has 2 aliphatic rings. The number of guanidine groups is 1. The van der Waals surface area contributed by atoms with Crippen LogP contribution < -0.4 is 24.8 Å². The van der Waals surface area contributed by atoms with E-state index in [9.17, 15) is 0 Å². The minimum Gasteiger partial charge on any atom is -0.492 e. The van der Waals surface area contributed by atoms with Crippen molar-refractivity contribution in [1.82, 2.24) is 15.5 Å². The first-order chi connectivity index (χ1) is 13.2. The molecule has 2 N–H and O–H groups in total. The van der Waals surface area contributed by atoms with Crippen LogP contribution in [-0.4, -0.2) is 64.0 Å². The van der Waals surface area contributed by atoms with E-state index in [-0.39, 0.29) is 6.79 Å². The Balaban J connectivity index is 1.26. The van der Waals surface area contributed by atoms with Crippen molar-refractivity contribution in [1.29, 1.82) is 0 Å². The molecular weight excluding hydrogens is 344 g/mol. The van der Waals surface area contributed by atoms with Crippen LogP contribution in [0, 0.1) is 5.92 Å². The first kappa shape index (κ1) is 19.6. The third kappa shape index (κ3) is 6.20. The Bertz CT molecular complexity index is 615. The summed E-state index contributed by atoms with van der Waals surface area (Å²) in [7, 11) is 1.79. The minimum absolute atomic E-state index is 0.277. The molecule has 150 valence electrons. The third-order valence-electron chi connectivity index (χ3n) is 5.05. The molecule has 0 atom stereocenters. The van der Waals surface area contributed by atoms with Gasteiger partial charge in [-0.1, -0.05) is 6.92 Å². The minimum atomic E-state index is 0.277. The van der Waals surface area contributed by atoms with Gasteiger partial charge in [0.15, 0.2) is 17.5 Å². The van der Waals surface area contributed by atoms with Crippen LogP contribution in [0.4, 0.5) is 0 Å². The van der Waals surface area contributed by atoms with Crippen LogP contribution in [0.5, 0.6) is 17.2 Å². The van der Waals surface area contributed by atoms with Crippen LogP contribution in [-0.2, 0) is 0 Å². The highest BCUT2D eigenvalue weighted by Crippen LogP contribution is 2.34. The molecule has 0 spiro atoms. The van der Waals surface area contributed by atoms with Crippen LogP contribution >= 0.6 is 0 Å². The maximum Gasteiger partial charge on any atom is 0.231 e. The summed E-state index contributed by atoms with van der Waals surface area (Å²) in [6.45, 7) is 8.42. The fourth-order valence-electron chi connectivity index (χ4n) is 3.32. The van der Waals surface area contributed by atoms with Gasteiger partial charge in [0, 0.05) is 19.7 Å². The normalized spacial score (nSPS) is 17.8. The smallest absolute Gasteiger partial charge is 0.231 e. The predicted molar refractivity (Wildman–Crippen MR) is 107 cm³/mol. The molecular formula is C20H32N4O3. The Morgan fingerprint density at radius 3 is 2.78 bits per heavy atom. The highest BCUT2D eigenvalue weighted by Gasteiger charge is 2.15. The van der Waals surface area contributed by atoms with Crippen LogP contribution in [0.1, 0.15) is 26.2 Å². The standard InChI is InChI=1S/C20H32N4O3/c1-16-6-11-24(12-7-16)10-3-8-22-20(21-2)23-9-13-25-17-4-5-18-19(14-17)27-15-26-18/h4-5,14,16H,3,6-13,15H2,1-2H3,(H2,21,22,23). The maximum absolute atomic E-state index is 5.75. The summed E-state index contributed by atoms with van der Waals surface area (Å²) in [5, 5.41) is 6.65. The fourth-order valence-corrected chi connectivity index (χ4v) is 3.32. The molecule has 2 heterocycles. The summed E-state index contributed by atoms with van der Waals surface area (Å²) < 4.78 is 16.4. The second-order valence-corrected chi connectivity index (χ2v) is 7.17. The first-order valence-electron chi connectivity index (χ1n) is 9.94. The molecule has 3 rings (SSSR count). The van der Waals surface area contributed by atoms with Gasteiger partial charge >= 0.3 is 0 Å². The zero-order valence-corrected chi connectivity index (χ0v) is 16.5. The second kappa shape index (κ2) is 10.3. The van der Waals surface area contributed by atoms with Crippen molar-refractivity contribution in [3.8, 4) is 17.2 Å². The number of fused-ring (bicyclic) bond motifs is 1. The lowest BCUT2D eigenvalue weighted by Gasteiger charge is -2.30. The van der Waals surface area contributed by atoms with Gasteiger partial charge in [0.2, 0.25) is 6.79 Å². The van der Waals surface area contributed by atoms with E-state index in [1.807, 2.05) is 18.2 Å². The number of rotatable bonds is 8. The molecule has 27 heavy (non-hydrogen) atoms. The first-order valence-corrected chi connectivity index (χ1v) is 9.94. The zero-order valence-electron chi connectivity index (χ0n) is 16.5. The van der Waals surface area contributed by atoms with Gasteiger partial charge in [-0.3, -0.25) is 4.99 Å². The van der Waals surface area contributed by atoms with Crippen LogP contribution in [0.2, 0.25) is 0 Å². The van der Waals surface area contributed by atoms with Crippen molar-refractivity contribution in [3.63, 3.8) is 0 Å². The molecule has 0 unspecified atom stereocenters. The van der Waals surface area contributed by atoms with E-state index < -0.39 is 0 Å². The van der Waals surface area contributed by atoms with Gasteiger partial charge in [0.1, 0.15) is 12.4 Å². The lowest BCUT2D eigenvalue weighted by atomic mass is 9.99. The number of hydrogen-bond donors (Lipinski definition) is 2. The Hall–Kier alpha value is -2.15. The average molecular weight is 377 g/mol. The molecule has 2 aliphatic heterocycles. The zero-order chi connectivity index (χ0) is 18.9. The van der Waals surface area contributed by atoms with E-state index in [1.54, 1.807) is 7.05 Å². The summed E-state index contributed by atoms with van der Waals surface area (Å²) in [4.78, 5) is 6.83. The van der Waals surface area contributed by atoms with E-state index in [2.05, 4.69) is 27.4 Å². The lowest BCUT2D eigenvalue weighted by Crippen LogP contribution is -2.41. The van der Waals surface area contributed by atoms with Gasteiger partial charge in [-0.25, -0.2) is 0 Å². The number of benzene rings is 1. The Kier molecular flexibility index (Phi) is 7.45. The molecule has 0 radical (unpaired) electrons. The molecule has 1 saturated heterocycles. The Labute approximate surface area is 162 Å². The van der Waals surface area contributed by atoms with Crippen molar-refractivity contribution >= 4 is 5.96 Å². The summed E-state index contributed by atoms with van der Waals surface area (Å²) >= 11 is 0. The van der Waals surface area contributed by atoms with Crippen LogP contribution in [0.15, 0.2) is 23.2 Å². The van der Waals surface area contributed by atoms with Crippen molar-refractivity contribution < 1.29 is 14.2 Å². The Morgan fingerprint density at radius 1 is 1.19 bits per heavy atom. The Morgan fingerprint density at radius 2 is 1.96 bits per heavy atom. The number of nitrogens with zero attached hydrogens (tertiary/aromatic N) is 2. The maximum atomic E-state index is 5.75.